The number of hydrogen-bond acceptors (Lipinski definition) is 3. The first-order chi connectivity index (χ1) is 5.70. The Morgan fingerprint density at radius 1 is 1.50 bits per heavy atom. The lowest BCUT2D eigenvalue weighted by Gasteiger charge is -2.20. The molecule has 0 unspecified atom stereocenters. The predicted octanol–water partition coefficient (Wildman–Crippen LogP) is 0.276. The van der Waals surface area contributed by atoms with Crippen LogP contribution in [0.5, 0.6) is 0 Å². The fourth-order valence-corrected chi connectivity index (χ4v) is 1.65. The first kappa shape index (κ1) is 9.23. The quantitative estimate of drug-likeness (QED) is 0.609. The van der Waals surface area contributed by atoms with Gasteiger partial charge in [0.25, 0.3) is 0 Å². The third-order valence-corrected chi connectivity index (χ3v) is 2.38. The second-order valence-electron chi connectivity index (χ2n) is 3.32. The predicted molar refractivity (Wildman–Crippen MR) is 41.2 cm³/mol. The number of carbonyl (C=O) groups excluding carboxylic acids is 2. The Morgan fingerprint density at radius 3 is 2.83 bits per heavy atom. The van der Waals surface area contributed by atoms with Gasteiger partial charge in [0.05, 0.1) is 0 Å². The summed E-state index contributed by atoms with van der Waals surface area (Å²) in [6, 6.07) is 0. The average Bonchev–Trinajstić information content (AvgIpc) is 2.03. The van der Waals surface area contributed by atoms with Gasteiger partial charge in [-0.05, 0) is 25.7 Å². The van der Waals surface area contributed by atoms with Crippen molar-refractivity contribution in [3.05, 3.63) is 0 Å². The van der Waals surface area contributed by atoms with Gasteiger partial charge in [0.2, 0.25) is 0 Å². The Balaban J connectivity index is 2.29. The number of ketones is 1. The number of Topliss-reactive ketones (excluding diaryl/α,β-unsaturated/α-hetero) is 1. The van der Waals surface area contributed by atoms with E-state index in [2.05, 4.69) is 0 Å². The van der Waals surface area contributed by atoms with Crippen molar-refractivity contribution in [3.8, 4) is 0 Å². The Bertz CT molecular complexity index is 186. The van der Waals surface area contributed by atoms with Crippen LogP contribution in [0.2, 0.25) is 0 Å². The Kier molecular flexibility index (Phi) is 3.26. The fourth-order valence-electron chi connectivity index (χ4n) is 1.65. The molecule has 3 nitrogen and oxygen atoms in total. The van der Waals surface area contributed by atoms with Crippen LogP contribution in [-0.2, 0) is 9.59 Å². The largest absolute Gasteiger partial charge is 0.550 e. The number of carboxylic acids is 1. The second kappa shape index (κ2) is 4.24. The van der Waals surface area contributed by atoms with Gasteiger partial charge < -0.3 is 9.90 Å². The van der Waals surface area contributed by atoms with Gasteiger partial charge in [0.1, 0.15) is 5.78 Å². The Morgan fingerprint density at radius 2 is 2.25 bits per heavy atom. The van der Waals surface area contributed by atoms with E-state index in [0.29, 0.717) is 12.8 Å². The van der Waals surface area contributed by atoms with Crippen molar-refractivity contribution >= 4 is 11.8 Å². The number of hydrogen-bond donors (Lipinski definition) is 0. The van der Waals surface area contributed by atoms with Crippen molar-refractivity contribution in [2.24, 2.45) is 5.92 Å². The molecule has 1 atom stereocenters. The lowest BCUT2D eigenvalue weighted by atomic mass is 9.85. The average molecular weight is 169 g/mol. The maximum Gasteiger partial charge on any atom is 0.135 e. The molecule has 1 fully saturated rings. The van der Waals surface area contributed by atoms with Crippen molar-refractivity contribution in [1.29, 1.82) is 0 Å². The molecule has 0 aromatic carbocycles. The number of rotatable bonds is 3. The molecule has 0 bridgehead atoms. The normalized spacial score (nSPS) is 24.0. The van der Waals surface area contributed by atoms with Crippen molar-refractivity contribution in [2.75, 3.05) is 0 Å². The fraction of sp³-hybridized carbons (Fsp3) is 0.778. The summed E-state index contributed by atoms with van der Waals surface area (Å²) in [6.07, 6.45) is 4.03. The zero-order valence-electron chi connectivity index (χ0n) is 7.04. The molecule has 0 spiro atoms. The molecule has 1 saturated carbocycles. The zero-order valence-corrected chi connectivity index (χ0v) is 7.04. The summed E-state index contributed by atoms with van der Waals surface area (Å²) in [5, 5.41) is 10.1. The first-order valence-corrected chi connectivity index (χ1v) is 4.42. The van der Waals surface area contributed by atoms with Gasteiger partial charge in [-0.25, -0.2) is 0 Å². The zero-order chi connectivity index (χ0) is 8.97. The third-order valence-electron chi connectivity index (χ3n) is 2.38. The van der Waals surface area contributed by atoms with E-state index >= 15 is 0 Å². The standard InChI is InChI=1S/C9H14O3/c10-8-4-2-1-3-7(8)5-6-9(11)12/h7H,1-6H2,(H,11,12)/p-1/t7-/m0/s1. The number of carboxylic acid groups (broad SMARTS) is 1. The summed E-state index contributed by atoms with van der Waals surface area (Å²) in [6.45, 7) is 0. The monoisotopic (exact) mass is 169 g/mol. The van der Waals surface area contributed by atoms with Crippen LogP contribution in [0.3, 0.4) is 0 Å². The molecule has 1 rings (SSSR count). The van der Waals surface area contributed by atoms with Gasteiger partial charge in [-0.1, -0.05) is 6.42 Å². The summed E-state index contributed by atoms with van der Waals surface area (Å²) < 4.78 is 0. The minimum Gasteiger partial charge on any atom is -0.550 e. The minimum atomic E-state index is -1.05. The van der Waals surface area contributed by atoms with E-state index in [1.54, 1.807) is 0 Å². The van der Waals surface area contributed by atoms with Crippen LogP contribution in [0.1, 0.15) is 38.5 Å². The van der Waals surface area contributed by atoms with E-state index in [1.165, 1.54) is 0 Å². The Hall–Kier alpha value is -0.860. The minimum absolute atomic E-state index is 0.00310. The van der Waals surface area contributed by atoms with Crippen molar-refractivity contribution in [1.82, 2.24) is 0 Å². The molecule has 0 radical (unpaired) electrons. The molecule has 0 aromatic heterocycles. The lowest BCUT2D eigenvalue weighted by Crippen LogP contribution is -2.25. The highest BCUT2D eigenvalue weighted by molar-refractivity contribution is 5.82. The highest BCUT2D eigenvalue weighted by Crippen LogP contribution is 2.24. The van der Waals surface area contributed by atoms with Gasteiger partial charge in [-0.15, -0.1) is 0 Å². The van der Waals surface area contributed by atoms with E-state index in [4.69, 9.17) is 0 Å². The van der Waals surface area contributed by atoms with E-state index < -0.39 is 5.97 Å². The topological polar surface area (TPSA) is 57.2 Å². The van der Waals surface area contributed by atoms with Gasteiger partial charge in [-0.3, -0.25) is 4.79 Å². The van der Waals surface area contributed by atoms with E-state index in [1.807, 2.05) is 0 Å². The number of aliphatic carboxylic acids is 1. The second-order valence-corrected chi connectivity index (χ2v) is 3.32. The van der Waals surface area contributed by atoms with Crippen molar-refractivity contribution in [2.45, 2.75) is 38.5 Å². The molecule has 0 heterocycles. The molecule has 0 aliphatic heterocycles. The molecule has 0 aromatic rings. The SMILES string of the molecule is O=C([O-])CC[C@@H]1CCCCC1=O. The van der Waals surface area contributed by atoms with Crippen LogP contribution in [0.4, 0.5) is 0 Å². The van der Waals surface area contributed by atoms with Crippen molar-refractivity contribution in [3.63, 3.8) is 0 Å². The summed E-state index contributed by atoms with van der Waals surface area (Å²) >= 11 is 0. The van der Waals surface area contributed by atoms with Gasteiger partial charge in [0.15, 0.2) is 0 Å². The lowest BCUT2D eigenvalue weighted by molar-refractivity contribution is -0.305. The van der Waals surface area contributed by atoms with Gasteiger partial charge >= 0.3 is 0 Å². The first-order valence-electron chi connectivity index (χ1n) is 4.42. The molecule has 1 aliphatic carbocycles. The van der Waals surface area contributed by atoms with Crippen LogP contribution >= 0.6 is 0 Å². The maximum absolute atomic E-state index is 11.2. The molecular weight excluding hydrogens is 156 g/mol. The third kappa shape index (κ3) is 2.64. The van der Waals surface area contributed by atoms with Crippen LogP contribution in [-0.4, -0.2) is 11.8 Å². The molecule has 0 N–H and O–H groups in total. The summed E-state index contributed by atoms with van der Waals surface area (Å²) in [4.78, 5) is 21.3. The highest BCUT2D eigenvalue weighted by Gasteiger charge is 2.21. The molecule has 3 heteroatoms. The summed E-state index contributed by atoms with van der Waals surface area (Å²) in [7, 11) is 0. The van der Waals surface area contributed by atoms with Crippen molar-refractivity contribution < 1.29 is 14.7 Å². The van der Waals surface area contributed by atoms with Crippen LogP contribution in [0.15, 0.2) is 0 Å². The molecule has 0 saturated heterocycles. The van der Waals surface area contributed by atoms with Crippen LogP contribution in [0.25, 0.3) is 0 Å². The highest BCUT2D eigenvalue weighted by atomic mass is 16.4. The van der Waals surface area contributed by atoms with E-state index in [0.717, 1.165) is 19.3 Å². The summed E-state index contributed by atoms with van der Waals surface area (Å²) in [5.41, 5.74) is 0. The Labute approximate surface area is 71.8 Å². The molecular formula is C9H13O3-. The molecule has 0 amide bonds. The van der Waals surface area contributed by atoms with Gasteiger partial charge in [-0.2, -0.15) is 0 Å². The summed E-state index contributed by atoms with van der Waals surface area (Å²) in [5.74, 6) is -0.812. The molecule has 1 aliphatic rings. The molecule has 68 valence electrons. The maximum atomic E-state index is 11.2. The van der Waals surface area contributed by atoms with Crippen LogP contribution < -0.4 is 5.11 Å². The van der Waals surface area contributed by atoms with Gasteiger partial charge in [0, 0.05) is 18.3 Å². The van der Waals surface area contributed by atoms with Crippen LogP contribution in [0, 0.1) is 5.92 Å². The smallest absolute Gasteiger partial charge is 0.135 e. The molecule has 12 heavy (non-hydrogen) atoms. The number of carbonyl (C=O) groups is 2. The van der Waals surface area contributed by atoms with E-state index in [-0.39, 0.29) is 18.1 Å². The van der Waals surface area contributed by atoms with E-state index in [9.17, 15) is 14.7 Å².